The second-order valence-corrected chi connectivity index (χ2v) is 4.77. The second-order valence-electron chi connectivity index (χ2n) is 4.77. The van der Waals surface area contributed by atoms with Crippen LogP contribution in [0.5, 0.6) is 0 Å². The number of nitrogens with one attached hydrogen (secondary N) is 1. The van der Waals surface area contributed by atoms with E-state index in [1.54, 1.807) is 0 Å². The molecule has 0 aliphatic heterocycles. The molecular formula is C17H22N2. The third-order valence-corrected chi connectivity index (χ3v) is 3.25. The van der Waals surface area contributed by atoms with Crippen molar-refractivity contribution in [1.82, 2.24) is 10.3 Å². The number of hydrogen-bond donors (Lipinski definition) is 1. The second kappa shape index (κ2) is 7.05. The van der Waals surface area contributed by atoms with Crippen LogP contribution in [0.15, 0.2) is 48.8 Å². The molecule has 0 aliphatic carbocycles. The molecule has 2 heteroatoms. The summed E-state index contributed by atoms with van der Waals surface area (Å²) in [6, 6.07) is 13.2. The molecule has 1 unspecified atom stereocenters. The van der Waals surface area contributed by atoms with Gasteiger partial charge in [-0.15, -0.1) is 0 Å². The van der Waals surface area contributed by atoms with E-state index in [1.165, 1.54) is 23.1 Å². The van der Waals surface area contributed by atoms with Gasteiger partial charge < -0.3 is 5.32 Å². The monoisotopic (exact) mass is 254 g/mol. The highest BCUT2D eigenvalue weighted by Crippen LogP contribution is 2.22. The molecule has 0 radical (unpaired) electrons. The molecule has 0 amide bonds. The van der Waals surface area contributed by atoms with Crippen LogP contribution in [-0.4, -0.2) is 11.5 Å². The third-order valence-electron chi connectivity index (χ3n) is 3.25. The van der Waals surface area contributed by atoms with Crippen LogP contribution >= 0.6 is 0 Å². The fraction of sp³-hybridized carbons (Fsp3) is 0.353. The van der Waals surface area contributed by atoms with E-state index >= 15 is 0 Å². The molecule has 0 bridgehead atoms. The lowest BCUT2D eigenvalue weighted by Gasteiger charge is -2.19. The maximum Gasteiger partial charge on any atom is 0.0591 e. The fourth-order valence-electron chi connectivity index (χ4n) is 2.40. The van der Waals surface area contributed by atoms with Crippen LogP contribution in [0.1, 0.15) is 43.0 Å². The van der Waals surface area contributed by atoms with Crippen molar-refractivity contribution in [2.24, 2.45) is 0 Å². The highest BCUT2D eigenvalue weighted by molar-refractivity contribution is 5.33. The van der Waals surface area contributed by atoms with Gasteiger partial charge >= 0.3 is 0 Å². The maximum absolute atomic E-state index is 4.23. The molecule has 1 aromatic carbocycles. The molecule has 0 aliphatic rings. The van der Waals surface area contributed by atoms with Crippen LogP contribution in [-0.2, 0) is 6.42 Å². The molecule has 2 nitrogen and oxygen atoms in total. The highest BCUT2D eigenvalue weighted by atomic mass is 14.9. The summed E-state index contributed by atoms with van der Waals surface area (Å²) in [4.78, 5) is 4.23. The molecule has 1 atom stereocenters. The van der Waals surface area contributed by atoms with E-state index in [0.29, 0.717) is 0 Å². The average molecular weight is 254 g/mol. The van der Waals surface area contributed by atoms with Crippen LogP contribution in [0.25, 0.3) is 0 Å². The van der Waals surface area contributed by atoms with Gasteiger partial charge in [-0.2, -0.15) is 0 Å². The topological polar surface area (TPSA) is 24.9 Å². The van der Waals surface area contributed by atoms with Crippen molar-refractivity contribution in [2.45, 2.75) is 32.7 Å². The third kappa shape index (κ3) is 3.65. The Kier molecular flexibility index (Phi) is 5.10. The van der Waals surface area contributed by atoms with Crippen LogP contribution in [0.3, 0.4) is 0 Å². The van der Waals surface area contributed by atoms with Gasteiger partial charge in [-0.1, -0.05) is 50.6 Å². The van der Waals surface area contributed by atoms with E-state index in [2.05, 4.69) is 54.5 Å². The molecule has 19 heavy (non-hydrogen) atoms. The Morgan fingerprint density at radius 2 is 1.95 bits per heavy atom. The smallest absolute Gasteiger partial charge is 0.0591 e. The summed E-state index contributed by atoms with van der Waals surface area (Å²) in [6.45, 7) is 5.30. The molecule has 0 fully saturated rings. The minimum absolute atomic E-state index is 0.232. The Morgan fingerprint density at radius 1 is 1.11 bits per heavy atom. The summed E-state index contributed by atoms with van der Waals surface area (Å²) in [7, 11) is 0. The lowest BCUT2D eigenvalue weighted by Crippen LogP contribution is -2.22. The fourth-order valence-corrected chi connectivity index (χ4v) is 2.40. The summed E-state index contributed by atoms with van der Waals surface area (Å²) in [6.07, 6.45) is 6.09. The zero-order valence-electron chi connectivity index (χ0n) is 11.8. The number of benzene rings is 1. The zero-order chi connectivity index (χ0) is 13.5. The lowest BCUT2D eigenvalue weighted by molar-refractivity contribution is 0.628. The Balaban J connectivity index is 2.31. The van der Waals surface area contributed by atoms with Crippen molar-refractivity contribution in [2.75, 3.05) is 6.54 Å². The van der Waals surface area contributed by atoms with E-state index in [1.807, 2.05) is 18.5 Å². The van der Waals surface area contributed by atoms with Gasteiger partial charge in [0.25, 0.3) is 0 Å². The van der Waals surface area contributed by atoms with E-state index in [9.17, 15) is 0 Å². The largest absolute Gasteiger partial charge is 0.306 e. The summed E-state index contributed by atoms with van der Waals surface area (Å²) in [5, 5.41) is 3.54. The number of hydrogen-bond acceptors (Lipinski definition) is 2. The maximum atomic E-state index is 4.23. The first-order chi connectivity index (χ1) is 9.35. The van der Waals surface area contributed by atoms with Crippen molar-refractivity contribution < 1.29 is 0 Å². The SMILES string of the molecule is CCCc1cccc(C(NCC)c2cccnc2)c1. The molecule has 0 spiro atoms. The Bertz CT molecular complexity index is 494. The first-order valence-corrected chi connectivity index (χ1v) is 7.07. The van der Waals surface area contributed by atoms with Gasteiger partial charge in [-0.05, 0) is 35.7 Å². The van der Waals surface area contributed by atoms with Gasteiger partial charge in [-0.3, -0.25) is 4.98 Å². The summed E-state index contributed by atoms with van der Waals surface area (Å²) in [5.41, 5.74) is 3.95. The molecule has 2 rings (SSSR count). The quantitative estimate of drug-likeness (QED) is 0.849. The molecule has 1 heterocycles. The number of nitrogens with zero attached hydrogens (tertiary/aromatic N) is 1. The predicted octanol–water partition coefficient (Wildman–Crippen LogP) is 3.73. The van der Waals surface area contributed by atoms with Crippen LogP contribution < -0.4 is 5.32 Å². The average Bonchev–Trinajstić information content (AvgIpc) is 2.46. The minimum atomic E-state index is 0.232. The summed E-state index contributed by atoms with van der Waals surface area (Å²) < 4.78 is 0. The van der Waals surface area contributed by atoms with Gasteiger partial charge in [0, 0.05) is 12.4 Å². The molecule has 0 saturated heterocycles. The number of aromatic nitrogens is 1. The van der Waals surface area contributed by atoms with Gasteiger partial charge in [0.2, 0.25) is 0 Å². The minimum Gasteiger partial charge on any atom is -0.306 e. The Hall–Kier alpha value is -1.67. The van der Waals surface area contributed by atoms with Crippen LogP contribution in [0.2, 0.25) is 0 Å². The number of rotatable bonds is 6. The Labute approximate surface area is 115 Å². The van der Waals surface area contributed by atoms with Gasteiger partial charge in [0.15, 0.2) is 0 Å². The first kappa shape index (κ1) is 13.8. The van der Waals surface area contributed by atoms with Crippen molar-refractivity contribution >= 4 is 0 Å². The molecular weight excluding hydrogens is 232 g/mol. The van der Waals surface area contributed by atoms with Gasteiger partial charge in [0.05, 0.1) is 6.04 Å². The molecule has 1 N–H and O–H groups in total. The van der Waals surface area contributed by atoms with Crippen molar-refractivity contribution in [3.8, 4) is 0 Å². The van der Waals surface area contributed by atoms with E-state index in [0.717, 1.165) is 13.0 Å². The molecule has 0 saturated carbocycles. The van der Waals surface area contributed by atoms with Gasteiger partial charge in [-0.25, -0.2) is 0 Å². The molecule has 2 aromatic rings. The highest BCUT2D eigenvalue weighted by Gasteiger charge is 2.13. The lowest BCUT2D eigenvalue weighted by atomic mass is 9.97. The van der Waals surface area contributed by atoms with Gasteiger partial charge in [0.1, 0.15) is 0 Å². The van der Waals surface area contributed by atoms with E-state index < -0.39 is 0 Å². The van der Waals surface area contributed by atoms with Crippen molar-refractivity contribution in [3.63, 3.8) is 0 Å². The summed E-state index contributed by atoms with van der Waals surface area (Å²) >= 11 is 0. The van der Waals surface area contributed by atoms with Crippen LogP contribution in [0, 0.1) is 0 Å². The normalized spacial score (nSPS) is 12.3. The standard InChI is InChI=1S/C17H22N2/c1-3-7-14-8-5-9-15(12-14)17(19-4-2)16-10-6-11-18-13-16/h5-6,8-13,17,19H,3-4,7H2,1-2H3. The van der Waals surface area contributed by atoms with E-state index in [-0.39, 0.29) is 6.04 Å². The predicted molar refractivity (Wildman–Crippen MR) is 80.2 cm³/mol. The summed E-state index contributed by atoms with van der Waals surface area (Å²) in [5.74, 6) is 0. The van der Waals surface area contributed by atoms with Crippen LogP contribution in [0.4, 0.5) is 0 Å². The number of aryl methyl sites for hydroxylation is 1. The Morgan fingerprint density at radius 3 is 2.63 bits per heavy atom. The van der Waals surface area contributed by atoms with E-state index in [4.69, 9.17) is 0 Å². The molecule has 100 valence electrons. The molecule has 1 aromatic heterocycles. The first-order valence-electron chi connectivity index (χ1n) is 7.07. The van der Waals surface area contributed by atoms with Crippen molar-refractivity contribution in [1.29, 1.82) is 0 Å². The zero-order valence-corrected chi connectivity index (χ0v) is 11.8. The number of pyridine rings is 1. The van der Waals surface area contributed by atoms with Crippen molar-refractivity contribution in [3.05, 3.63) is 65.5 Å².